The molecule has 0 aliphatic heterocycles. The van der Waals surface area contributed by atoms with Gasteiger partial charge in [-0.2, -0.15) is 0 Å². The van der Waals surface area contributed by atoms with E-state index >= 15 is 0 Å². The number of benzene rings is 1. The number of carbonyl (C=O) groups excluding carboxylic acids is 1. The fraction of sp³-hybridized carbons (Fsp3) is 0.300. The van der Waals surface area contributed by atoms with E-state index in [1.165, 1.54) is 25.3 Å². The van der Waals surface area contributed by atoms with E-state index in [0.717, 1.165) is 6.07 Å². The van der Waals surface area contributed by atoms with Crippen molar-refractivity contribution in [3.05, 3.63) is 30.1 Å². The Labute approximate surface area is 86.6 Å². The van der Waals surface area contributed by atoms with E-state index in [1.54, 1.807) is 0 Å². The van der Waals surface area contributed by atoms with Gasteiger partial charge in [0.1, 0.15) is 18.2 Å². The predicted octanol–water partition coefficient (Wildman–Crippen LogP) is 1.99. The lowest BCUT2D eigenvalue weighted by atomic mass is 10.3. The third-order valence-electron chi connectivity index (χ3n) is 1.50. The van der Waals surface area contributed by atoms with Crippen molar-refractivity contribution in [2.75, 3.05) is 20.3 Å². The van der Waals surface area contributed by atoms with Crippen molar-refractivity contribution in [2.45, 2.75) is 0 Å². The molecule has 1 aromatic carbocycles. The lowest BCUT2D eigenvalue weighted by Gasteiger charge is -2.04. The molecule has 0 spiro atoms. The van der Waals surface area contributed by atoms with Crippen LogP contribution in [0.25, 0.3) is 0 Å². The first-order chi connectivity index (χ1) is 7.22. The van der Waals surface area contributed by atoms with E-state index in [1.807, 2.05) is 0 Å². The summed E-state index contributed by atoms with van der Waals surface area (Å²) in [7, 11) is 1.49. The quantitative estimate of drug-likeness (QED) is 0.436. The van der Waals surface area contributed by atoms with Gasteiger partial charge in [0, 0.05) is 13.2 Å². The van der Waals surface area contributed by atoms with Crippen LogP contribution in [0, 0.1) is 5.82 Å². The van der Waals surface area contributed by atoms with Crippen LogP contribution in [0.15, 0.2) is 24.3 Å². The van der Waals surface area contributed by atoms with Gasteiger partial charge in [-0.25, -0.2) is 9.18 Å². The highest BCUT2D eigenvalue weighted by atomic mass is 19.1. The fourth-order valence-corrected chi connectivity index (χ4v) is 0.865. The van der Waals surface area contributed by atoms with Crippen LogP contribution in [0.2, 0.25) is 0 Å². The standard InChI is InChI=1S/C10H11FO4/c1-13-5-6-14-10(12)15-9-4-2-3-8(11)7-9/h2-4,7H,5-6H2,1H3. The molecule has 1 rings (SSSR count). The Morgan fingerprint density at radius 1 is 1.40 bits per heavy atom. The first-order valence-corrected chi connectivity index (χ1v) is 4.31. The molecule has 15 heavy (non-hydrogen) atoms. The number of rotatable bonds is 4. The molecule has 0 unspecified atom stereocenters. The highest BCUT2D eigenvalue weighted by molar-refractivity contribution is 5.63. The van der Waals surface area contributed by atoms with Crippen molar-refractivity contribution < 1.29 is 23.4 Å². The summed E-state index contributed by atoms with van der Waals surface area (Å²) in [6, 6.07) is 5.24. The van der Waals surface area contributed by atoms with Crippen LogP contribution in [-0.4, -0.2) is 26.5 Å². The van der Waals surface area contributed by atoms with Gasteiger partial charge in [0.25, 0.3) is 0 Å². The average molecular weight is 214 g/mol. The van der Waals surface area contributed by atoms with Gasteiger partial charge < -0.3 is 14.2 Å². The van der Waals surface area contributed by atoms with Crippen molar-refractivity contribution in [2.24, 2.45) is 0 Å². The Bertz CT molecular complexity index is 327. The van der Waals surface area contributed by atoms with E-state index in [0.29, 0.717) is 0 Å². The minimum Gasteiger partial charge on any atom is -0.432 e. The van der Waals surface area contributed by atoms with E-state index in [-0.39, 0.29) is 19.0 Å². The normalized spacial score (nSPS) is 9.73. The summed E-state index contributed by atoms with van der Waals surface area (Å²) in [5, 5.41) is 0. The summed E-state index contributed by atoms with van der Waals surface area (Å²) in [4.78, 5) is 11.0. The van der Waals surface area contributed by atoms with Crippen LogP contribution in [0.1, 0.15) is 0 Å². The second-order valence-corrected chi connectivity index (χ2v) is 2.65. The summed E-state index contributed by atoms with van der Waals surface area (Å²) in [6.45, 7) is 0.392. The molecule has 4 nitrogen and oxygen atoms in total. The largest absolute Gasteiger partial charge is 0.513 e. The van der Waals surface area contributed by atoms with E-state index in [4.69, 9.17) is 0 Å². The molecule has 0 saturated carbocycles. The minimum atomic E-state index is -0.877. The van der Waals surface area contributed by atoms with Crippen molar-refractivity contribution in [1.82, 2.24) is 0 Å². The molecule has 1 aromatic rings. The highest BCUT2D eigenvalue weighted by Crippen LogP contribution is 2.12. The molecule has 0 radical (unpaired) electrons. The van der Waals surface area contributed by atoms with Gasteiger partial charge in [0.15, 0.2) is 0 Å². The van der Waals surface area contributed by atoms with E-state index < -0.39 is 12.0 Å². The monoisotopic (exact) mass is 214 g/mol. The Kier molecular flexibility index (Phi) is 4.56. The summed E-state index contributed by atoms with van der Waals surface area (Å²) in [5.74, 6) is -0.366. The van der Waals surface area contributed by atoms with E-state index in [2.05, 4.69) is 14.2 Å². The maximum Gasteiger partial charge on any atom is 0.513 e. The molecule has 0 aliphatic carbocycles. The summed E-state index contributed by atoms with van der Waals surface area (Å²) in [6.07, 6.45) is -0.877. The zero-order valence-corrected chi connectivity index (χ0v) is 8.23. The molecular formula is C10H11FO4. The van der Waals surface area contributed by atoms with Crippen LogP contribution >= 0.6 is 0 Å². The third kappa shape index (κ3) is 4.42. The van der Waals surface area contributed by atoms with Gasteiger partial charge in [-0.3, -0.25) is 0 Å². The lowest BCUT2D eigenvalue weighted by molar-refractivity contribution is 0.0685. The van der Waals surface area contributed by atoms with Gasteiger partial charge in [-0.1, -0.05) is 6.07 Å². The van der Waals surface area contributed by atoms with Crippen molar-refractivity contribution in [3.63, 3.8) is 0 Å². The zero-order chi connectivity index (χ0) is 11.1. The molecule has 0 atom stereocenters. The molecular weight excluding hydrogens is 203 g/mol. The zero-order valence-electron chi connectivity index (χ0n) is 8.23. The lowest BCUT2D eigenvalue weighted by Crippen LogP contribution is -2.13. The fourth-order valence-electron chi connectivity index (χ4n) is 0.865. The van der Waals surface area contributed by atoms with Gasteiger partial charge in [-0.05, 0) is 12.1 Å². The second kappa shape index (κ2) is 5.98. The first-order valence-electron chi connectivity index (χ1n) is 4.31. The molecule has 0 aromatic heterocycles. The number of ether oxygens (including phenoxy) is 3. The van der Waals surface area contributed by atoms with Gasteiger partial charge in [-0.15, -0.1) is 0 Å². The Morgan fingerprint density at radius 3 is 2.87 bits per heavy atom. The Balaban J connectivity index is 2.37. The van der Waals surface area contributed by atoms with Gasteiger partial charge in [0.2, 0.25) is 0 Å². The SMILES string of the molecule is COCCOC(=O)Oc1cccc(F)c1. The van der Waals surface area contributed by atoms with Gasteiger partial charge >= 0.3 is 6.16 Å². The summed E-state index contributed by atoms with van der Waals surface area (Å²) in [5.41, 5.74) is 0. The van der Waals surface area contributed by atoms with Crippen LogP contribution in [0.3, 0.4) is 0 Å². The predicted molar refractivity (Wildman–Crippen MR) is 50.3 cm³/mol. The maximum absolute atomic E-state index is 12.7. The third-order valence-corrected chi connectivity index (χ3v) is 1.50. The molecule has 0 N–H and O–H groups in total. The molecule has 0 saturated heterocycles. The summed E-state index contributed by atoms with van der Waals surface area (Å²) < 4.78 is 26.6. The van der Waals surface area contributed by atoms with E-state index in [9.17, 15) is 9.18 Å². The number of hydrogen-bond acceptors (Lipinski definition) is 4. The Hall–Kier alpha value is -1.62. The smallest absolute Gasteiger partial charge is 0.432 e. The van der Waals surface area contributed by atoms with Crippen LogP contribution in [0.4, 0.5) is 9.18 Å². The topological polar surface area (TPSA) is 44.8 Å². The van der Waals surface area contributed by atoms with Crippen molar-refractivity contribution in [1.29, 1.82) is 0 Å². The summed E-state index contributed by atoms with van der Waals surface area (Å²) >= 11 is 0. The molecule has 0 amide bonds. The molecule has 0 bridgehead atoms. The molecule has 82 valence electrons. The second-order valence-electron chi connectivity index (χ2n) is 2.65. The average Bonchev–Trinajstić information content (AvgIpc) is 2.18. The number of methoxy groups -OCH3 is 1. The highest BCUT2D eigenvalue weighted by Gasteiger charge is 2.05. The molecule has 5 heteroatoms. The number of halogens is 1. The molecule has 0 fully saturated rings. The minimum absolute atomic E-state index is 0.102. The van der Waals surface area contributed by atoms with Crippen molar-refractivity contribution >= 4 is 6.16 Å². The van der Waals surface area contributed by atoms with Crippen LogP contribution < -0.4 is 4.74 Å². The molecule has 0 aliphatic rings. The van der Waals surface area contributed by atoms with Crippen LogP contribution in [0.5, 0.6) is 5.75 Å². The van der Waals surface area contributed by atoms with Crippen molar-refractivity contribution in [3.8, 4) is 5.75 Å². The number of carbonyl (C=O) groups is 1. The Morgan fingerprint density at radius 2 is 2.20 bits per heavy atom. The maximum atomic E-state index is 12.7. The van der Waals surface area contributed by atoms with Gasteiger partial charge in [0.05, 0.1) is 6.61 Å². The molecule has 0 heterocycles. The van der Waals surface area contributed by atoms with Crippen LogP contribution in [-0.2, 0) is 9.47 Å². The number of hydrogen-bond donors (Lipinski definition) is 0. The first kappa shape index (κ1) is 11.5.